The van der Waals surface area contributed by atoms with E-state index in [0.717, 1.165) is 56.9 Å². The fraction of sp³-hybridized carbons (Fsp3) is 0.600. The van der Waals surface area contributed by atoms with E-state index in [1.807, 2.05) is 0 Å². The smallest absolute Gasteiger partial charge is 0.302 e. The molecule has 1 aromatic carbocycles. The lowest BCUT2D eigenvalue weighted by molar-refractivity contribution is -0.384. The average Bonchev–Trinajstić information content (AvgIpc) is 3.20. The van der Waals surface area contributed by atoms with Crippen molar-refractivity contribution in [1.82, 2.24) is 0 Å². The van der Waals surface area contributed by atoms with Crippen LogP contribution in [0.5, 0.6) is 0 Å². The van der Waals surface area contributed by atoms with Crippen molar-refractivity contribution in [3.8, 4) is 0 Å². The molecule has 0 unspecified atom stereocenters. The van der Waals surface area contributed by atoms with Gasteiger partial charge in [0.25, 0.3) is 5.69 Å². The number of allylic oxidation sites excluding steroid dienone is 2. The number of nitro benzene ring substituents is 1. The maximum atomic E-state index is 13.4. The second-order valence-electron chi connectivity index (χ2n) is 12.0. The van der Waals surface area contributed by atoms with Gasteiger partial charge < -0.3 is 4.74 Å². The van der Waals surface area contributed by atoms with Gasteiger partial charge in [0.15, 0.2) is 5.78 Å². The standard InChI is InChI=1S/C30H37NO5/c1-19(32)36-23-14-16-29(2)21(18-23)7-10-24-25-11-12-27(30(25,3)17-15-26(24)29)28(33)13-6-20-4-8-22(9-5-20)31(34)35/h4-9,13,23-27H,10-12,14-18H2,1-3H3/b13-6+/t23-,24-,25-,26-,27+,29-,30-/m0/s1. The van der Waals surface area contributed by atoms with E-state index in [2.05, 4.69) is 19.9 Å². The third-order valence-electron chi connectivity index (χ3n) is 10.3. The molecule has 192 valence electrons. The van der Waals surface area contributed by atoms with E-state index in [1.165, 1.54) is 24.6 Å². The van der Waals surface area contributed by atoms with E-state index in [-0.39, 0.29) is 40.3 Å². The largest absolute Gasteiger partial charge is 0.462 e. The molecular formula is C30H37NO5. The normalized spacial score (nSPS) is 37.4. The molecule has 4 aliphatic rings. The van der Waals surface area contributed by atoms with E-state index < -0.39 is 4.92 Å². The van der Waals surface area contributed by atoms with Crippen molar-refractivity contribution >= 4 is 23.5 Å². The first-order chi connectivity index (χ1) is 17.1. The van der Waals surface area contributed by atoms with Crippen LogP contribution in [0.4, 0.5) is 5.69 Å². The molecule has 4 aliphatic carbocycles. The number of ketones is 1. The Morgan fingerprint density at radius 1 is 1.06 bits per heavy atom. The number of carbonyl (C=O) groups is 2. The number of rotatable bonds is 5. The van der Waals surface area contributed by atoms with E-state index in [4.69, 9.17) is 4.74 Å². The molecule has 0 saturated heterocycles. The number of non-ortho nitro benzene ring substituents is 1. The topological polar surface area (TPSA) is 86.5 Å². The van der Waals surface area contributed by atoms with Gasteiger partial charge in [0.2, 0.25) is 0 Å². The Balaban J connectivity index is 1.30. The Hall–Kier alpha value is -2.76. The Kier molecular flexibility index (Phi) is 6.42. The second-order valence-corrected chi connectivity index (χ2v) is 12.0. The van der Waals surface area contributed by atoms with Crippen LogP contribution in [0.1, 0.15) is 77.7 Å². The van der Waals surface area contributed by atoms with Gasteiger partial charge in [0, 0.05) is 31.4 Å². The molecule has 3 saturated carbocycles. The molecule has 0 aromatic heterocycles. The molecular weight excluding hydrogens is 454 g/mol. The van der Waals surface area contributed by atoms with Crippen LogP contribution in [0.25, 0.3) is 6.08 Å². The van der Waals surface area contributed by atoms with Gasteiger partial charge in [0.05, 0.1) is 4.92 Å². The molecule has 6 heteroatoms. The summed E-state index contributed by atoms with van der Waals surface area (Å²) in [5, 5.41) is 10.9. The third kappa shape index (κ3) is 4.22. The first kappa shape index (κ1) is 24.9. The van der Waals surface area contributed by atoms with Gasteiger partial charge in [-0.3, -0.25) is 19.7 Å². The maximum Gasteiger partial charge on any atom is 0.302 e. The quantitative estimate of drug-likeness (QED) is 0.151. The van der Waals surface area contributed by atoms with Gasteiger partial charge in [-0.2, -0.15) is 0 Å². The van der Waals surface area contributed by atoms with Crippen LogP contribution < -0.4 is 0 Å². The Bertz CT molecular complexity index is 1120. The predicted octanol–water partition coefficient (Wildman–Crippen LogP) is 6.69. The van der Waals surface area contributed by atoms with Crippen LogP contribution in [0.15, 0.2) is 42.0 Å². The molecule has 0 N–H and O–H groups in total. The van der Waals surface area contributed by atoms with E-state index in [1.54, 1.807) is 24.3 Å². The fourth-order valence-corrected chi connectivity index (χ4v) is 8.43. The summed E-state index contributed by atoms with van der Waals surface area (Å²) >= 11 is 0. The molecule has 0 spiro atoms. The SMILES string of the molecule is CC(=O)O[C@H]1CC[C@@]2(C)C(=CC[C@H]3[C@@H]4CC[C@H](C(=O)/C=C/c5ccc([N+](=O)[O-])cc5)[C@@]4(C)CC[C@@H]32)C1. The maximum absolute atomic E-state index is 13.4. The molecule has 36 heavy (non-hydrogen) atoms. The van der Waals surface area contributed by atoms with Gasteiger partial charge in [0.1, 0.15) is 6.10 Å². The number of fused-ring (bicyclic) bond motifs is 5. The number of hydrogen-bond acceptors (Lipinski definition) is 5. The van der Waals surface area contributed by atoms with E-state index in [9.17, 15) is 19.7 Å². The van der Waals surface area contributed by atoms with Crippen molar-refractivity contribution < 1.29 is 19.2 Å². The van der Waals surface area contributed by atoms with Crippen molar-refractivity contribution in [2.24, 2.45) is 34.5 Å². The lowest BCUT2D eigenvalue weighted by Gasteiger charge is -2.58. The highest BCUT2D eigenvalue weighted by molar-refractivity contribution is 5.96. The molecule has 0 heterocycles. The summed E-state index contributed by atoms with van der Waals surface area (Å²) in [7, 11) is 0. The molecule has 6 nitrogen and oxygen atoms in total. The van der Waals surface area contributed by atoms with Crippen molar-refractivity contribution in [3.63, 3.8) is 0 Å². The number of esters is 1. The Labute approximate surface area is 213 Å². The summed E-state index contributed by atoms with van der Waals surface area (Å²) in [4.78, 5) is 35.3. The predicted molar refractivity (Wildman–Crippen MR) is 138 cm³/mol. The summed E-state index contributed by atoms with van der Waals surface area (Å²) in [5.74, 6) is 1.85. The summed E-state index contributed by atoms with van der Waals surface area (Å²) in [6.07, 6.45) is 14.2. The highest BCUT2D eigenvalue weighted by Crippen LogP contribution is 2.66. The van der Waals surface area contributed by atoms with E-state index in [0.29, 0.717) is 17.8 Å². The summed E-state index contributed by atoms with van der Waals surface area (Å²) < 4.78 is 5.56. The lowest BCUT2D eigenvalue weighted by atomic mass is 9.47. The summed E-state index contributed by atoms with van der Waals surface area (Å²) in [6, 6.07) is 6.33. The van der Waals surface area contributed by atoms with Gasteiger partial charge in [-0.25, -0.2) is 0 Å². The number of nitrogens with zero attached hydrogens (tertiary/aromatic N) is 1. The first-order valence-electron chi connectivity index (χ1n) is 13.4. The van der Waals surface area contributed by atoms with Crippen molar-refractivity contribution in [2.45, 2.75) is 78.2 Å². The monoisotopic (exact) mass is 491 g/mol. The van der Waals surface area contributed by atoms with Gasteiger partial charge >= 0.3 is 5.97 Å². The molecule has 1 aromatic rings. The highest BCUT2D eigenvalue weighted by atomic mass is 16.6. The molecule has 7 atom stereocenters. The van der Waals surface area contributed by atoms with Crippen LogP contribution in [-0.2, 0) is 14.3 Å². The third-order valence-corrected chi connectivity index (χ3v) is 10.3. The number of ether oxygens (including phenoxy) is 1. The van der Waals surface area contributed by atoms with Gasteiger partial charge in [-0.1, -0.05) is 31.6 Å². The highest BCUT2D eigenvalue weighted by Gasteiger charge is 2.59. The zero-order chi connectivity index (χ0) is 25.7. The molecule has 0 bridgehead atoms. The molecule has 3 fully saturated rings. The summed E-state index contributed by atoms with van der Waals surface area (Å²) in [5.41, 5.74) is 2.55. The van der Waals surface area contributed by atoms with Crippen LogP contribution >= 0.6 is 0 Å². The van der Waals surface area contributed by atoms with Crippen molar-refractivity contribution in [3.05, 3.63) is 57.7 Å². The number of benzene rings is 1. The van der Waals surface area contributed by atoms with Gasteiger partial charge in [-0.05, 0) is 97.3 Å². The van der Waals surface area contributed by atoms with Crippen molar-refractivity contribution in [2.75, 3.05) is 0 Å². The Morgan fingerprint density at radius 3 is 2.50 bits per heavy atom. The minimum Gasteiger partial charge on any atom is -0.462 e. The molecule has 0 radical (unpaired) electrons. The fourth-order valence-electron chi connectivity index (χ4n) is 8.43. The van der Waals surface area contributed by atoms with Crippen LogP contribution in [0.3, 0.4) is 0 Å². The molecule has 5 rings (SSSR count). The van der Waals surface area contributed by atoms with E-state index >= 15 is 0 Å². The summed E-state index contributed by atoms with van der Waals surface area (Å²) in [6.45, 7) is 6.29. The average molecular weight is 492 g/mol. The zero-order valence-electron chi connectivity index (χ0n) is 21.6. The van der Waals surface area contributed by atoms with Crippen LogP contribution in [-0.4, -0.2) is 22.8 Å². The lowest BCUT2D eigenvalue weighted by Crippen LogP contribution is -2.51. The Morgan fingerprint density at radius 2 is 1.81 bits per heavy atom. The van der Waals surface area contributed by atoms with Crippen LogP contribution in [0, 0.1) is 44.6 Å². The number of nitro groups is 1. The molecule has 0 aliphatic heterocycles. The second kappa shape index (κ2) is 9.28. The number of carbonyl (C=O) groups excluding carboxylic acids is 2. The first-order valence-corrected chi connectivity index (χ1v) is 13.4. The van der Waals surface area contributed by atoms with Crippen LogP contribution in [0.2, 0.25) is 0 Å². The van der Waals surface area contributed by atoms with Gasteiger partial charge in [-0.15, -0.1) is 0 Å². The number of hydrogen-bond donors (Lipinski definition) is 0. The minimum absolute atomic E-state index is 0.0169. The minimum atomic E-state index is -0.413. The zero-order valence-corrected chi connectivity index (χ0v) is 21.6. The van der Waals surface area contributed by atoms with Crippen molar-refractivity contribution in [1.29, 1.82) is 0 Å². The molecule has 0 amide bonds.